The first-order valence-corrected chi connectivity index (χ1v) is 6.81. The van der Waals surface area contributed by atoms with Gasteiger partial charge in [-0.25, -0.2) is 4.21 Å². The molecule has 0 saturated heterocycles. The summed E-state index contributed by atoms with van der Waals surface area (Å²) in [5.41, 5.74) is 1.91. The van der Waals surface area contributed by atoms with Crippen molar-refractivity contribution in [3.8, 4) is 0 Å². The van der Waals surface area contributed by atoms with Gasteiger partial charge in [0.05, 0.1) is 5.75 Å². The van der Waals surface area contributed by atoms with E-state index in [-0.39, 0.29) is 5.75 Å². The molecule has 0 heterocycles. The molecule has 0 aromatic heterocycles. The fraction of sp³-hybridized carbons (Fsp3) is 0.333. The summed E-state index contributed by atoms with van der Waals surface area (Å²) in [6, 6.07) is 5.38. The molecule has 5 heteroatoms. The van der Waals surface area contributed by atoms with Gasteiger partial charge in [0, 0.05) is 10.4 Å². The fourth-order valence-corrected chi connectivity index (χ4v) is 2.37. The second kappa shape index (κ2) is 5.85. The molecule has 0 bridgehead atoms. The van der Waals surface area contributed by atoms with Crippen molar-refractivity contribution in [3.63, 3.8) is 0 Å². The lowest BCUT2D eigenvalue weighted by Crippen LogP contribution is -1.99. The van der Waals surface area contributed by atoms with E-state index in [0.717, 1.165) is 22.9 Å². The van der Waals surface area contributed by atoms with Crippen LogP contribution in [0.4, 0.5) is 0 Å². The zero-order valence-electron chi connectivity index (χ0n) is 7.37. The molecule has 1 aromatic rings. The highest BCUT2D eigenvalue weighted by molar-refractivity contribution is 9.09. The van der Waals surface area contributed by atoms with E-state index in [4.69, 9.17) is 16.2 Å². The lowest BCUT2D eigenvalue weighted by molar-refractivity contribution is 0.563. The fourth-order valence-electron chi connectivity index (χ4n) is 1.20. The van der Waals surface area contributed by atoms with Crippen LogP contribution in [-0.4, -0.2) is 14.1 Å². The number of benzene rings is 1. The summed E-state index contributed by atoms with van der Waals surface area (Å²) in [7, 11) is 0. The van der Waals surface area contributed by atoms with Crippen LogP contribution >= 0.6 is 27.5 Å². The van der Waals surface area contributed by atoms with Crippen LogP contribution in [0.15, 0.2) is 18.2 Å². The van der Waals surface area contributed by atoms with E-state index in [1.165, 1.54) is 0 Å². The molecule has 1 aromatic carbocycles. The molecule has 0 saturated carbocycles. The molecule has 0 aliphatic rings. The van der Waals surface area contributed by atoms with Crippen molar-refractivity contribution in [1.82, 2.24) is 0 Å². The first-order chi connectivity index (χ1) is 6.63. The quantitative estimate of drug-likeness (QED) is 0.685. The summed E-state index contributed by atoms with van der Waals surface area (Å²) in [5, 5.41) is 1.48. The first kappa shape index (κ1) is 12.2. The van der Waals surface area contributed by atoms with E-state index >= 15 is 0 Å². The van der Waals surface area contributed by atoms with Crippen molar-refractivity contribution < 1.29 is 8.76 Å². The zero-order valence-corrected chi connectivity index (χ0v) is 10.5. The number of hydrogen-bond donors (Lipinski definition) is 1. The van der Waals surface area contributed by atoms with Crippen molar-refractivity contribution in [2.24, 2.45) is 0 Å². The smallest absolute Gasteiger partial charge is 0.157 e. The minimum absolute atomic E-state index is 0.166. The summed E-state index contributed by atoms with van der Waals surface area (Å²) >= 11 is 7.37. The molecular weight excluding hydrogens is 288 g/mol. The largest absolute Gasteiger partial charge is 0.306 e. The van der Waals surface area contributed by atoms with E-state index in [2.05, 4.69) is 15.9 Å². The predicted octanol–water partition coefficient (Wildman–Crippen LogP) is 3.00. The molecule has 0 radical (unpaired) electrons. The maximum Gasteiger partial charge on any atom is 0.157 e. The Kier molecular flexibility index (Phi) is 5.09. The predicted molar refractivity (Wildman–Crippen MR) is 63.4 cm³/mol. The molecule has 78 valence electrons. The van der Waals surface area contributed by atoms with Crippen molar-refractivity contribution in [3.05, 3.63) is 34.3 Å². The maximum absolute atomic E-state index is 10.7. The Labute approximate surface area is 99.1 Å². The standard InChI is InChI=1S/C9H10BrClO2S/c10-4-3-7-5-9(11)2-1-8(7)6-14(12)13/h1-2,5H,3-4,6H2,(H,12,13). The van der Waals surface area contributed by atoms with Crippen molar-refractivity contribution in [1.29, 1.82) is 0 Å². The molecule has 0 fully saturated rings. The van der Waals surface area contributed by atoms with Gasteiger partial charge in [0.2, 0.25) is 0 Å². The third-order valence-electron chi connectivity index (χ3n) is 1.81. The van der Waals surface area contributed by atoms with Crippen molar-refractivity contribution in [2.45, 2.75) is 12.2 Å². The molecule has 0 aliphatic heterocycles. The van der Waals surface area contributed by atoms with Gasteiger partial charge >= 0.3 is 0 Å². The zero-order chi connectivity index (χ0) is 10.6. The molecule has 1 rings (SSSR count). The van der Waals surface area contributed by atoms with E-state index in [1.54, 1.807) is 12.1 Å². The molecule has 0 spiro atoms. The van der Waals surface area contributed by atoms with E-state index < -0.39 is 11.1 Å². The van der Waals surface area contributed by atoms with Gasteiger partial charge < -0.3 is 4.55 Å². The third-order valence-corrected chi connectivity index (χ3v) is 3.00. The molecule has 0 aliphatic carbocycles. The average molecular weight is 298 g/mol. The molecule has 1 N–H and O–H groups in total. The third kappa shape index (κ3) is 3.69. The lowest BCUT2D eigenvalue weighted by atomic mass is 10.1. The Morgan fingerprint density at radius 3 is 2.71 bits per heavy atom. The summed E-state index contributed by atoms with van der Waals surface area (Å²) in [4.78, 5) is 0. The monoisotopic (exact) mass is 296 g/mol. The second-order valence-electron chi connectivity index (χ2n) is 2.82. The first-order valence-electron chi connectivity index (χ1n) is 4.04. The minimum atomic E-state index is -1.80. The van der Waals surface area contributed by atoms with Crippen LogP contribution in [-0.2, 0) is 23.3 Å². The summed E-state index contributed by atoms with van der Waals surface area (Å²) in [6.45, 7) is 0. The normalized spacial score (nSPS) is 12.8. The van der Waals surface area contributed by atoms with E-state index in [0.29, 0.717) is 5.02 Å². The maximum atomic E-state index is 10.7. The van der Waals surface area contributed by atoms with Crippen LogP contribution in [0.5, 0.6) is 0 Å². The van der Waals surface area contributed by atoms with Crippen LogP contribution in [0, 0.1) is 0 Å². The summed E-state index contributed by atoms with van der Waals surface area (Å²) in [6.07, 6.45) is 0.813. The molecule has 2 nitrogen and oxygen atoms in total. The van der Waals surface area contributed by atoms with Gasteiger partial charge in [-0.1, -0.05) is 33.6 Å². The Morgan fingerprint density at radius 1 is 1.43 bits per heavy atom. The van der Waals surface area contributed by atoms with Crippen LogP contribution in [0.25, 0.3) is 0 Å². The van der Waals surface area contributed by atoms with Gasteiger partial charge in [0.15, 0.2) is 11.1 Å². The van der Waals surface area contributed by atoms with Gasteiger partial charge in [0.25, 0.3) is 0 Å². The van der Waals surface area contributed by atoms with Gasteiger partial charge in [0.1, 0.15) is 0 Å². The van der Waals surface area contributed by atoms with Gasteiger partial charge in [-0.2, -0.15) is 0 Å². The average Bonchev–Trinajstić information content (AvgIpc) is 2.09. The number of rotatable bonds is 4. The lowest BCUT2D eigenvalue weighted by Gasteiger charge is -2.06. The number of hydrogen-bond acceptors (Lipinski definition) is 1. The number of alkyl halides is 1. The molecular formula is C9H10BrClO2S. The van der Waals surface area contributed by atoms with Gasteiger partial charge in [-0.3, -0.25) is 0 Å². The molecule has 0 amide bonds. The number of aryl methyl sites for hydroxylation is 1. The minimum Gasteiger partial charge on any atom is -0.306 e. The topological polar surface area (TPSA) is 37.3 Å². The second-order valence-corrected chi connectivity index (χ2v) is 4.98. The van der Waals surface area contributed by atoms with Crippen LogP contribution in [0.2, 0.25) is 5.02 Å². The molecule has 14 heavy (non-hydrogen) atoms. The van der Waals surface area contributed by atoms with Gasteiger partial charge in [-0.15, -0.1) is 0 Å². The SMILES string of the molecule is O=S(O)Cc1ccc(Cl)cc1CCBr. The molecule has 1 unspecified atom stereocenters. The van der Waals surface area contributed by atoms with E-state index in [1.807, 2.05) is 6.07 Å². The van der Waals surface area contributed by atoms with Crippen LogP contribution < -0.4 is 0 Å². The highest BCUT2D eigenvalue weighted by atomic mass is 79.9. The Balaban J connectivity index is 2.95. The highest BCUT2D eigenvalue weighted by Crippen LogP contribution is 2.18. The van der Waals surface area contributed by atoms with Crippen molar-refractivity contribution in [2.75, 3.05) is 5.33 Å². The van der Waals surface area contributed by atoms with Crippen LogP contribution in [0.3, 0.4) is 0 Å². The Hall–Kier alpha value is 0.1000. The summed E-state index contributed by atoms with van der Waals surface area (Å²) < 4.78 is 19.5. The van der Waals surface area contributed by atoms with E-state index in [9.17, 15) is 4.21 Å². The Morgan fingerprint density at radius 2 is 2.14 bits per heavy atom. The van der Waals surface area contributed by atoms with Gasteiger partial charge in [-0.05, 0) is 29.7 Å². The summed E-state index contributed by atoms with van der Waals surface area (Å²) in [5.74, 6) is 0.166. The molecule has 1 atom stereocenters. The van der Waals surface area contributed by atoms with Crippen molar-refractivity contribution >= 4 is 38.6 Å². The Bertz CT molecular complexity index is 344. The highest BCUT2D eigenvalue weighted by Gasteiger charge is 2.05. The number of halogens is 2. The van der Waals surface area contributed by atoms with Crippen LogP contribution in [0.1, 0.15) is 11.1 Å².